The van der Waals surface area contributed by atoms with Gasteiger partial charge >= 0.3 is 0 Å². The molecule has 1 saturated heterocycles. The van der Waals surface area contributed by atoms with E-state index in [0.717, 1.165) is 36.0 Å². The zero-order valence-electron chi connectivity index (χ0n) is 16.8. The van der Waals surface area contributed by atoms with E-state index in [1.165, 1.54) is 12.1 Å². The van der Waals surface area contributed by atoms with Gasteiger partial charge in [0.1, 0.15) is 5.82 Å². The third-order valence-corrected chi connectivity index (χ3v) is 6.22. The van der Waals surface area contributed by atoms with Crippen LogP contribution in [-0.4, -0.2) is 48.3 Å². The number of nitrogens with zero attached hydrogens (tertiary/aromatic N) is 2. The van der Waals surface area contributed by atoms with Crippen LogP contribution in [0.15, 0.2) is 48.5 Å². The molecule has 0 N–H and O–H groups in total. The van der Waals surface area contributed by atoms with Gasteiger partial charge in [-0.3, -0.25) is 9.59 Å². The molecule has 0 aromatic heterocycles. The fourth-order valence-corrected chi connectivity index (χ4v) is 4.20. The molecule has 0 bridgehead atoms. The lowest BCUT2D eigenvalue weighted by atomic mass is 9.84. The van der Waals surface area contributed by atoms with E-state index in [4.69, 9.17) is 0 Å². The zero-order valence-corrected chi connectivity index (χ0v) is 16.8. The van der Waals surface area contributed by atoms with Crippen molar-refractivity contribution in [2.75, 3.05) is 26.7 Å². The second kappa shape index (κ2) is 8.36. The number of carbonyl (C=O) groups is 2. The minimum Gasteiger partial charge on any atom is -0.344 e. The molecule has 1 aliphatic heterocycles. The Morgan fingerprint density at radius 3 is 2.52 bits per heavy atom. The van der Waals surface area contributed by atoms with Crippen LogP contribution in [0.25, 0.3) is 11.1 Å². The number of likely N-dealkylation sites (N-methyl/N-ethyl adjacent to an activating group) is 1. The van der Waals surface area contributed by atoms with Crippen LogP contribution < -0.4 is 0 Å². The van der Waals surface area contributed by atoms with Crippen molar-refractivity contribution in [2.45, 2.75) is 25.7 Å². The summed E-state index contributed by atoms with van der Waals surface area (Å²) in [4.78, 5) is 29.3. The molecule has 1 heterocycles. The summed E-state index contributed by atoms with van der Waals surface area (Å²) in [6.07, 6.45) is 3.67. The number of hydrogen-bond donors (Lipinski definition) is 0. The van der Waals surface area contributed by atoms with E-state index in [-0.39, 0.29) is 29.5 Å². The van der Waals surface area contributed by atoms with Crippen LogP contribution in [0.3, 0.4) is 0 Å². The van der Waals surface area contributed by atoms with Crippen molar-refractivity contribution >= 4 is 11.8 Å². The highest BCUT2D eigenvalue weighted by atomic mass is 19.1. The van der Waals surface area contributed by atoms with Crippen LogP contribution in [0.1, 0.15) is 24.8 Å². The Morgan fingerprint density at radius 2 is 1.83 bits per heavy atom. The van der Waals surface area contributed by atoms with E-state index in [9.17, 15) is 14.0 Å². The average Bonchev–Trinajstić information content (AvgIpc) is 2.81. The Bertz CT molecular complexity index is 892. The topological polar surface area (TPSA) is 40.6 Å². The van der Waals surface area contributed by atoms with Gasteiger partial charge in [-0.15, -0.1) is 0 Å². The fraction of sp³-hybridized carbons (Fsp3) is 0.417. The number of benzene rings is 2. The molecule has 2 amide bonds. The van der Waals surface area contributed by atoms with Gasteiger partial charge in [0.25, 0.3) is 0 Å². The average molecular weight is 394 g/mol. The van der Waals surface area contributed by atoms with Crippen molar-refractivity contribution in [1.29, 1.82) is 0 Å². The van der Waals surface area contributed by atoms with Gasteiger partial charge in [0.15, 0.2) is 0 Å². The predicted octanol–water partition coefficient (Wildman–Crippen LogP) is 3.75. The third-order valence-electron chi connectivity index (χ3n) is 6.22. The maximum Gasteiger partial charge on any atom is 0.227 e. The minimum atomic E-state index is -0.256. The van der Waals surface area contributed by atoms with Gasteiger partial charge in [-0.05, 0) is 48.1 Å². The highest BCUT2D eigenvalue weighted by molar-refractivity contribution is 5.83. The molecule has 2 aromatic carbocycles. The van der Waals surface area contributed by atoms with Crippen molar-refractivity contribution < 1.29 is 14.0 Å². The van der Waals surface area contributed by atoms with Crippen LogP contribution in [0, 0.1) is 17.7 Å². The van der Waals surface area contributed by atoms with Gasteiger partial charge in [-0.25, -0.2) is 4.39 Å². The Kier molecular flexibility index (Phi) is 5.65. The van der Waals surface area contributed by atoms with Gasteiger partial charge in [-0.2, -0.15) is 0 Å². The van der Waals surface area contributed by atoms with Crippen molar-refractivity contribution in [2.24, 2.45) is 11.8 Å². The molecule has 0 unspecified atom stereocenters. The molecule has 1 saturated carbocycles. The molecule has 2 aliphatic rings. The largest absolute Gasteiger partial charge is 0.344 e. The normalized spacial score (nSPS) is 20.3. The molecule has 4 rings (SSSR count). The fourth-order valence-electron chi connectivity index (χ4n) is 4.20. The van der Waals surface area contributed by atoms with Crippen molar-refractivity contribution in [1.82, 2.24) is 9.80 Å². The number of hydrogen-bond acceptors (Lipinski definition) is 2. The number of halogens is 1. The first-order valence-corrected chi connectivity index (χ1v) is 10.4. The molecule has 2 fully saturated rings. The van der Waals surface area contributed by atoms with Crippen molar-refractivity contribution in [3.63, 3.8) is 0 Å². The van der Waals surface area contributed by atoms with E-state index < -0.39 is 0 Å². The molecule has 29 heavy (non-hydrogen) atoms. The number of carbonyl (C=O) groups excluding carboxylic acids is 2. The van der Waals surface area contributed by atoms with Crippen LogP contribution in [0.5, 0.6) is 0 Å². The molecule has 4 nitrogen and oxygen atoms in total. The van der Waals surface area contributed by atoms with E-state index in [1.54, 1.807) is 17.0 Å². The standard InChI is InChI=1S/C24H27FN2O2/c1-26-12-13-27(24(29)19-5-3-6-19)16-21(23(26)28)15-17-4-2-7-20(14-17)18-8-10-22(25)11-9-18/h2,4,7-11,14,19,21H,3,5-6,12-13,15-16H2,1H3/t21-/m1/s1. The summed E-state index contributed by atoms with van der Waals surface area (Å²) in [5.74, 6) is -0.0373. The molecule has 152 valence electrons. The molecule has 1 aliphatic carbocycles. The van der Waals surface area contributed by atoms with Gasteiger partial charge in [0.2, 0.25) is 11.8 Å². The molecule has 0 radical (unpaired) electrons. The molecule has 0 spiro atoms. The Balaban J connectivity index is 1.52. The first-order valence-electron chi connectivity index (χ1n) is 10.4. The lowest BCUT2D eigenvalue weighted by Crippen LogP contribution is -2.42. The van der Waals surface area contributed by atoms with Crippen LogP contribution in [0.2, 0.25) is 0 Å². The lowest BCUT2D eigenvalue weighted by Gasteiger charge is -2.31. The minimum absolute atomic E-state index is 0.0982. The van der Waals surface area contributed by atoms with Gasteiger partial charge in [0.05, 0.1) is 5.92 Å². The van der Waals surface area contributed by atoms with Gasteiger partial charge < -0.3 is 9.80 Å². The first-order chi connectivity index (χ1) is 14.0. The van der Waals surface area contributed by atoms with E-state index in [2.05, 4.69) is 6.07 Å². The Labute approximate surface area is 171 Å². The number of rotatable bonds is 4. The monoisotopic (exact) mass is 394 g/mol. The lowest BCUT2D eigenvalue weighted by molar-refractivity contribution is -0.138. The van der Waals surface area contributed by atoms with E-state index in [0.29, 0.717) is 26.1 Å². The van der Waals surface area contributed by atoms with Crippen molar-refractivity contribution in [3.8, 4) is 11.1 Å². The summed E-state index contributed by atoms with van der Waals surface area (Å²) >= 11 is 0. The number of amides is 2. The third kappa shape index (κ3) is 4.34. The zero-order chi connectivity index (χ0) is 20.4. The maximum absolute atomic E-state index is 13.2. The second-order valence-corrected chi connectivity index (χ2v) is 8.28. The maximum atomic E-state index is 13.2. The highest BCUT2D eigenvalue weighted by Crippen LogP contribution is 2.30. The Hall–Kier alpha value is -2.69. The van der Waals surface area contributed by atoms with Crippen LogP contribution in [0.4, 0.5) is 4.39 Å². The summed E-state index contributed by atoms with van der Waals surface area (Å²) in [5.41, 5.74) is 3.00. The predicted molar refractivity (Wildman–Crippen MR) is 111 cm³/mol. The molecule has 2 aromatic rings. The first kappa shape index (κ1) is 19.6. The summed E-state index contributed by atoms with van der Waals surface area (Å²) in [6, 6.07) is 14.5. The molecule has 1 atom stereocenters. The van der Waals surface area contributed by atoms with Gasteiger partial charge in [-0.1, -0.05) is 42.8 Å². The summed E-state index contributed by atoms with van der Waals surface area (Å²) in [5, 5.41) is 0. The SMILES string of the molecule is CN1CCN(C(=O)C2CCC2)C[C@@H](Cc2cccc(-c3ccc(F)cc3)c2)C1=O. The van der Waals surface area contributed by atoms with Crippen molar-refractivity contribution in [3.05, 3.63) is 59.9 Å². The van der Waals surface area contributed by atoms with Crippen LogP contribution in [-0.2, 0) is 16.0 Å². The van der Waals surface area contributed by atoms with E-state index >= 15 is 0 Å². The molecular weight excluding hydrogens is 367 g/mol. The summed E-state index contributed by atoms with van der Waals surface area (Å²) < 4.78 is 13.2. The summed E-state index contributed by atoms with van der Waals surface area (Å²) in [7, 11) is 1.82. The highest BCUT2D eigenvalue weighted by Gasteiger charge is 2.35. The molecular formula is C24H27FN2O2. The van der Waals surface area contributed by atoms with Gasteiger partial charge in [0, 0.05) is 32.6 Å². The van der Waals surface area contributed by atoms with E-state index in [1.807, 2.05) is 30.1 Å². The second-order valence-electron chi connectivity index (χ2n) is 8.28. The Morgan fingerprint density at radius 1 is 1.07 bits per heavy atom. The quantitative estimate of drug-likeness (QED) is 0.792. The summed E-state index contributed by atoms with van der Waals surface area (Å²) in [6.45, 7) is 1.69. The van der Waals surface area contributed by atoms with Crippen LogP contribution >= 0.6 is 0 Å². The smallest absolute Gasteiger partial charge is 0.227 e. The molecule has 5 heteroatoms.